The molecule has 5 rings (SSSR count). The molecule has 0 atom stereocenters. The molecule has 0 radical (unpaired) electrons. The first-order chi connectivity index (χ1) is 15.2. The summed E-state index contributed by atoms with van der Waals surface area (Å²) in [5.74, 6) is 2.42. The molecule has 2 N–H and O–H groups in total. The fourth-order valence-corrected chi connectivity index (χ4v) is 4.59. The maximum absolute atomic E-state index is 13.2. The van der Waals surface area contributed by atoms with E-state index in [-0.39, 0.29) is 11.3 Å². The number of benzene rings is 3. The maximum Gasteiger partial charge on any atom is 0.253 e. The topological polar surface area (TPSA) is 64.8 Å². The standard InChI is InChI=1S/C26H26N2O3/c27-17-19-9-10-24-23(15-19)26(18-30-24)11-13-28(14-12-26)25(29)20-5-4-8-22(16-20)31-21-6-2-1-3-7-21/h1-10,15-16H,11-14,17-18,27H2. The Morgan fingerprint density at radius 2 is 1.74 bits per heavy atom. The molecular weight excluding hydrogens is 388 g/mol. The van der Waals surface area contributed by atoms with E-state index in [0.717, 1.165) is 29.9 Å². The molecular formula is C26H26N2O3. The lowest BCUT2D eigenvalue weighted by molar-refractivity contribution is 0.0646. The van der Waals surface area contributed by atoms with Gasteiger partial charge in [-0.1, -0.05) is 36.4 Å². The molecule has 2 aliphatic rings. The Bertz CT molecular complexity index is 1090. The van der Waals surface area contributed by atoms with Crippen molar-refractivity contribution in [2.24, 2.45) is 5.73 Å². The largest absolute Gasteiger partial charge is 0.492 e. The minimum absolute atomic E-state index is 0.0183. The molecule has 1 fully saturated rings. The molecule has 1 spiro atoms. The van der Waals surface area contributed by atoms with Gasteiger partial charge in [0.1, 0.15) is 17.2 Å². The zero-order valence-electron chi connectivity index (χ0n) is 17.4. The first kappa shape index (κ1) is 19.6. The van der Waals surface area contributed by atoms with Crippen LogP contribution in [0.25, 0.3) is 0 Å². The van der Waals surface area contributed by atoms with Crippen LogP contribution in [0.5, 0.6) is 17.2 Å². The molecule has 3 aromatic carbocycles. The van der Waals surface area contributed by atoms with Crippen LogP contribution < -0.4 is 15.2 Å². The SMILES string of the molecule is NCc1ccc2c(c1)C1(CCN(C(=O)c3cccc(Oc4ccccc4)c3)CC1)CO2. The molecule has 31 heavy (non-hydrogen) atoms. The monoisotopic (exact) mass is 414 g/mol. The number of likely N-dealkylation sites (tertiary alicyclic amines) is 1. The molecule has 1 saturated heterocycles. The average molecular weight is 415 g/mol. The van der Waals surface area contributed by atoms with Gasteiger partial charge in [-0.3, -0.25) is 4.79 Å². The number of carbonyl (C=O) groups excluding carboxylic acids is 1. The van der Waals surface area contributed by atoms with Gasteiger partial charge in [-0.25, -0.2) is 0 Å². The van der Waals surface area contributed by atoms with Crippen molar-refractivity contribution < 1.29 is 14.3 Å². The lowest BCUT2D eigenvalue weighted by Gasteiger charge is -2.38. The van der Waals surface area contributed by atoms with Crippen LogP contribution >= 0.6 is 0 Å². The van der Waals surface area contributed by atoms with Crippen molar-refractivity contribution in [1.29, 1.82) is 0 Å². The smallest absolute Gasteiger partial charge is 0.253 e. The number of nitrogens with zero attached hydrogens (tertiary/aromatic N) is 1. The van der Waals surface area contributed by atoms with E-state index in [2.05, 4.69) is 6.07 Å². The number of hydrogen-bond donors (Lipinski definition) is 1. The summed E-state index contributed by atoms with van der Waals surface area (Å²) in [4.78, 5) is 15.1. The number of rotatable bonds is 4. The second kappa shape index (κ2) is 8.08. The second-order valence-corrected chi connectivity index (χ2v) is 8.34. The van der Waals surface area contributed by atoms with Crippen molar-refractivity contribution in [2.45, 2.75) is 24.8 Å². The number of nitrogens with two attached hydrogens (primary N) is 1. The number of para-hydroxylation sites is 1. The Hall–Kier alpha value is -3.31. The normalized spacial score (nSPS) is 16.6. The van der Waals surface area contributed by atoms with Crippen molar-refractivity contribution in [3.63, 3.8) is 0 Å². The Kier molecular flexibility index (Phi) is 5.12. The molecule has 5 heteroatoms. The van der Waals surface area contributed by atoms with Crippen LogP contribution in [0.15, 0.2) is 72.8 Å². The van der Waals surface area contributed by atoms with E-state index in [1.165, 1.54) is 5.56 Å². The van der Waals surface area contributed by atoms with E-state index in [0.29, 0.717) is 37.6 Å². The minimum atomic E-state index is -0.0183. The van der Waals surface area contributed by atoms with Crippen LogP contribution in [0.4, 0.5) is 0 Å². The molecule has 2 aliphatic heterocycles. The van der Waals surface area contributed by atoms with Crippen molar-refractivity contribution >= 4 is 5.91 Å². The van der Waals surface area contributed by atoms with Crippen molar-refractivity contribution in [3.8, 4) is 17.2 Å². The minimum Gasteiger partial charge on any atom is -0.492 e. The van der Waals surface area contributed by atoms with Gasteiger partial charge in [0.25, 0.3) is 5.91 Å². The molecule has 2 heterocycles. The molecule has 158 valence electrons. The van der Waals surface area contributed by atoms with Crippen molar-refractivity contribution in [1.82, 2.24) is 4.90 Å². The third-order valence-corrected chi connectivity index (χ3v) is 6.42. The fraction of sp³-hybridized carbons (Fsp3) is 0.269. The zero-order chi connectivity index (χ0) is 21.3. The number of piperidine rings is 1. The summed E-state index contributed by atoms with van der Waals surface area (Å²) in [6.45, 7) is 2.62. The quantitative estimate of drug-likeness (QED) is 0.683. The van der Waals surface area contributed by atoms with Crippen molar-refractivity contribution in [2.75, 3.05) is 19.7 Å². The number of fused-ring (bicyclic) bond motifs is 2. The van der Waals surface area contributed by atoms with Crippen LogP contribution in [0.3, 0.4) is 0 Å². The molecule has 0 bridgehead atoms. The summed E-state index contributed by atoms with van der Waals surface area (Å²) < 4.78 is 11.9. The van der Waals surface area contributed by atoms with E-state index >= 15 is 0 Å². The summed E-state index contributed by atoms with van der Waals surface area (Å²) in [5.41, 5.74) is 8.85. The van der Waals surface area contributed by atoms with Crippen LogP contribution in [-0.2, 0) is 12.0 Å². The molecule has 5 nitrogen and oxygen atoms in total. The lowest BCUT2D eigenvalue weighted by atomic mass is 9.74. The molecule has 3 aromatic rings. The number of ether oxygens (including phenoxy) is 2. The molecule has 1 amide bonds. The second-order valence-electron chi connectivity index (χ2n) is 8.34. The van der Waals surface area contributed by atoms with Gasteiger partial charge in [0, 0.05) is 36.2 Å². The number of hydrogen-bond acceptors (Lipinski definition) is 4. The molecule has 0 aliphatic carbocycles. The predicted octanol–water partition coefficient (Wildman–Crippen LogP) is 4.50. The summed E-state index contributed by atoms with van der Waals surface area (Å²) in [6, 6.07) is 23.3. The van der Waals surface area contributed by atoms with E-state index < -0.39 is 0 Å². The van der Waals surface area contributed by atoms with Crippen molar-refractivity contribution in [3.05, 3.63) is 89.5 Å². The summed E-state index contributed by atoms with van der Waals surface area (Å²) in [6.07, 6.45) is 1.78. The third-order valence-electron chi connectivity index (χ3n) is 6.42. The Balaban J connectivity index is 1.29. The predicted molar refractivity (Wildman–Crippen MR) is 120 cm³/mol. The van der Waals surface area contributed by atoms with Gasteiger partial charge in [0.05, 0.1) is 6.61 Å². The van der Waals surface area contributed by atoms with Crippen LogP contribution in [-0.4, -0.2) is 30.5 Å². The van der Waals surface area contributed by atoms with Crippen LogP contribution in [0, 0.1) is 0 Å². The summed E-state index contributed by atoms with van der Waals surface area (Å²) in [5, 5.41) is 0. The molecule has 0 saturated carbocycles. The average Bonchev–Trinajstić information content (AvgIpc) is 3.17. The number of carbonyl (C=O) groups is 1. The molecule has 0 aromatic heterocycles. The van der Waals surface area contributed by atoms with Gasteiger partial charge in [0.15, 0.2) is 0 Å². The third kappa shape index (κ3) is 3.77. The van der Waals surface area contributed by atoms with E-state index in [9.17, 15) is 4.79 Å². The number of amides is 1. The first-order valence-corrected chi connectivity index (χ1v) is 10.8. The van der Waals surface area contributed by atoms with Gasteiger partial charge in [0.2, 0.25) is 0 Å². The van der Waals surface area contributed by atoms with Gasteiger partial charge < -0.3 is 20.1 Å². The highest BCUT2D eigenvalue weighted by molar-refractivity contribution is 5.94. The van der Waals surface area contributed by atoms with Gasteiger partial charge in [-0.05, 0) is 54.8 Å². The summed E-state index contributed by atoms with van der Waals surface area (Å²) >= 11 is 0. The summed E-state index contributed by atoms with van der Waals surface area (Å²) in [7, 11) is 0. The van der Waals surface area contributed by atoms with Crippen LogP contribution in [0.2, 0.25) is 0 Å². The maximum atomic E-state index is 13.2. The first-order valence-electron chi connectivity index (χ1n) is 10.8. The zero-order valence-corrected chi connectivity index (χ0v) is 17.4. The van der Waals surface area contributed by atoms with E-state index in [1.54, 1.807) is 0 Å². The van der Waals surface area contributed by atoms with Gasteiger partial charge >= 0.3 is 0 Å². The van der Waals surface area contributed by atoms with E-state index in [4.69, 9.17) is 15.2 Å². The lowest BCUT2D eigenvalue weighted by Crippen LogP contribution is -2.46. The van der Waals surface area contributed by atoms with Gasteiger partial charge in [-0.15, -0.1) is 0 Å². The van der Waals surface area contributed by atoms with E-state index in [1.807, 2.05) is 71.6 Å². The van der Waals surface area contributed by atoms with Crippen LogP contribution in [0.1, 0.15) is 34.3 Å². The highest BCUT2D eigenvalue weighted by Crippen LogP contribution is 2.46. The van der Waals surface area contributed by atoms with Gasteiger partial charge in [-0.2, -0.15) is 0 Å². The highest BCUT2D eigenvalue weighted by atomic mass is 16.5. The fourth-order valence-electron chi connectivity index (χ4n) is 4.59. The Morgan fingerprint density at radius 3 is 2.52 bits per heavy atom. The Labute approximate surface area is 182 Å². The molecule has 0 unspecified atom stereocenters. The highest BCUT2D eigenvalue weighted by Gasteiger charge is 2.43. The Morgan fingerprint density at radius 1 is 0.968 bits per heavy atom.